The minimum Gasteiger partial charge on any atom is -0.493 e. The predicted octanol–water partition coefficient (Wildman–Crippen LogP) is 3.92. The van der Waals surface area contributed by atoms with E-state index in [-0.39, 0.29) is 11.9 Å². The zero-order valence-electron chi connectivity index (χ0n) is 14.6. The Morgan fingerprint density at radius 2 is 2.28 bits per heavy atom. The molecule has 1 aromatic heterocycles. The highest BCUT2D eigenvalue weighted by Gasteiger charge is 2.26. The Hall–Kier alpha value is -2.62. The number of hydrogen-bond acceptors (Lipinski definition) is 3. The van der Waals surface area contributed by atoms with Crippen LogP contribution in [0.2, 0.25) is 0 Å². The third kappa shape index (κ3) is 3.73. The van der Waals surface area contributed by atoms with Crippen LogP contribution in [0.1, 0.15) is 42.5 Å². The van der Waals surface area contributed by atoms with Gasteiger partial charge in [-0.15, -0.1) is 6.58 Å². The van der Waals surface area contributed by atoms with Crippen molar-refractivity contribution in [2.45, 2.75) is 32.2 Å². The smallest absolute Gasteiger partial charge is 0.223 e. The first kappa shape index (κ1) is 17.2. The molecular weight excluding hydrogens is 312 g/mol. The largest absolute Gasteiger partial charge is 0.493 e. The third-order valence-electron chi connectivity index (χ3n) is 4.56. The van der Waals surface area contributed by atoms with Crippen LogP contribution in [-0.4, -0.2) is 28.9 Å². The summed E-state index contributed by atoms with van der Waals surface area (Å²) in [5.41, 5.74) is 3.34. The van der Waals surface area contributed by atoms with Gasteiger partial charge in [-0.25, -0.2) is 0 Å². The molecule has 0 bridgehead atoms. The maximum atomic E-state index is 12.8. The first-order chi connectivity index (χ1) is 12.2. The molecule has 0 saturated heterocycles. The molecule has 4 heteroatoms. The molecule has 3 rings (SSSR count). The van der Waals surface area contributed by atoms with Crippen LogP contribution in [0, 0.1) is 0 Å². The maximum Gasteiger partial charge on any atom is 0.223 e. The molecule has 0 saturated carbocycles. The molecule has 2 aromatic rings. The van der Waals surface area contributed by atoms with Crippen LogP contribution in [0.4, 0.5) is 0 Å². The summed E-state index contributed by atoms with van der Waals surface area (Å²) in [5.74, 6) is 1.09. The zero-order chi connectivity index (χ0) is 17.6. The molecule has 1 aliphatic rings. The Labute approximate surface area is 149 Å². The van der Waals surface area contributed by atoms with E-state index in [1.165, 1.54) is 5.56 Å². The number of carbonyl (C=O) groups excluding carboxylic acids is 1. The minimum absolute atomic E-state index is 0.132. The number of rotatable bonds is 7. The molecule has 0 radical (unpaired) electrons. The molecular formula is C21H24N2O2. The van der Waals surface area contributed by atoms with Gasteiger partial charge >= 0.3 is 0 Å². The summed E-state index contributed by atoms with van der Waals surface area (Å²) in [6, 6.07) is 10.1. The van der Waals surface area contributed by atoms with E-state index in [1.54, 1.807) is 12.3 Å². The first-order valence-corrected chi connectivity index (χ1v) is 8.80. The summed E-state index contributed by atoms with van der Waals surface area (Å²) < 4.78 is 5.62. The summed E-state index contributed by atoms with van der Waals surface area (Å²) in [7, 11) is 0. The third-order valence-corrected chi connectivity index (χ3v) is 4.56. The highest BCUT2D eigenvalue weighted by atomic mass is 16.5. The number of amides is 1. The molecule has 4 nitrogen and oxygen atoms in total. The average Bonchev–Trinajstić information content (AvgIpc) is 3.12. The summed E-state index contributed by atoms with van der Waals surface area (Å²) in [5, 5.41) is 0. The minimum atomic E-state index is -0.137. The van der Waals surface area contributed by atoms with Crippen LogP contribution in [0.5, 0.6) is 5.75 Å². The topological polar surface area (TPSA) is 42.4 Å². The lowest BCUT2D eigenvalue weighted by molar-refractivity contribution is -0.132. The lowest BCUT2D eigenvalue weighted by atomic mass is 9.95. The van der Waals surface area contributed by atoms with Gasteiger partial charge in [0.25, 0.3) is 0 Å². The maximum absolute atomic E-state index is 12.8. The second-order valence-corrected chi connectivity index (χ2v) is 6.16. The van der Waals surface area contributed by atoms with E-state index in [1.807, 2.05) is 36.2 Å². The number of allylic oxidation sites excluding steroid dienone is 1. The van der Waals surface area contributed by atoms with Crippen molar-refractivity contribution in [3.63, 3.8) is 0 Å². The van der Waals surface area contributed by atoms with Gasteiger partial charge < -0.3 is 9.64 Å². The van der Waals surface area contributed by atoms with E-state index in [0.29, 0.717) is 19.4 Å². The van der Waals surface area contributed by atoms with E-state index < -0.39 is 0 Å². The van der Waals surface area contributed by atoms with Gasteiger partial charge in [0.15, 0.2) is 0 Å². The Morgan fingerprint density at radius 3 is 3.00 bits per heavy atom. The van der Waals surface area contributed by atoms with E-state index in [4.69, 9.17) is 4.74 Å². The van der Waals surface area contributed by atoms with Crippen LogP contribution in [-0.2, 0) is 11.2 Å². The second kappa shape index (κ2) is 7.97. The zero-order valence-corrected chi connectivity index (χ0v) is 14.6. The van der Waals surface area contributed by atoms with Gasteiger partial charge in [-0.1, -0.05) is 18.2 Å². The van der Waals surface area contributed by atoms with Crippen molar-refractivity contribution in [3.8, 4) is 5.75 Å². The lowest BCUT2D eigenvalue weighted by Crippen LogP contribution is -2.35. The molecule has 0 unspecified atom stereocenters. The van der Waals surface area contributed by atoms with Gasteiger partial charge in [-0.3, -0.25) is 9.78 Å². The number of ether oxygens (including phenoxy) is 1. The molecule has 1 amide bonds. The molecule has 0 aliphatic carbocycles. The summed E-state index contributed by atoms with van der Waals surface area (Å²) in [4.78, 5) is 19.0. The van der Waals surface area contributed by atoms with Crippen LogP contribution in [0.25, 0.3) is 0 Å². The number of aromatic nitrogens is 1. The molecule has 1 aliphatic heterocycles. The monoisotopic (exact) mass is 336 g/mol. The van der Waals surface area contributed by atoms with Crippen molar-refractivity contribution in [1.82, 2.24) is 9.88 Å². The fourth-order valence-corrected chi connectivity index (χ4v) is 3.34. The van der Waals surface area contributed by atoms with E-state index >= 15 is 0 Å². The van der Waals surface area contributed by atoms with Gasteiger partial charge in [0.05, 0.1) is 12.6 Å². The standard InChI is InChI=1S/C21H24N2O2/c1-3-5-8-20(24)23(4-2)21(18-7-6-12-22-15-18)17-9-10-19-16(14-17)11-13-25-19/h3,6-7,9-10,12,14-15,21H,1,4-5,8,11,13H2,2H3/t21-/m0/s1. The van der Waals surface area contributed by atoms with E-state index in [9.17, 15) is 4.79 Å². The predicted molar refractivity (Wildman–Crippen MR) is 98.5 cm³/mol. The van der Waals surface area contributed by atoms with Crippen LogP contribution in [0.15, 0.2) is 55.4 Å². The number of carbonyl (C=O) groups is 1. The molecule has 130 valence electrons. The summed E-state index contributed by atoms with van der Waals surface area (Å²) in [6.45, 7) is 7.11. The Morgan fingerprint density at radius 1 is 1.40 bits per heavy atom. The summed E-state index contributed by atoms with van der Waals surface area (Å²) >= 11 is 0. The fraction of sp³-hybridized carbons (Fsp3) is 0.333. The van der Waals surface area contributed by atoms with Crippen molar-refractivity contribution >= 4 is 5.91 Å². The summed E-state index contributed by atoms with van der Waals surface area (Å²) in [6.07, 6.45) is 7.47. The van der Waals surface area contributed by atoms with Crippen molar-refractivity contribution < 1.29 is 9.53 Å². The SMILES string of the molecule is C=CCCC(=O)N(CC)[C@H](c1cccnc1)c1ccc2c(c1)CCO2. The Bertz CT molecular complexity index is 743. The van der Waals surface area contributed by atoms with Crippen molar-refractivity contribution in [2.75, 3.05) is 13.2 Å². The highest BCUT2D eigenvalue weighted by molar-refractivity contribution is 5.77. The molecule has 0 N–H and O–H groups in total. The molecule has 0 spiro atoms. The van der Waals surface area contributed by atoms with Crippen LogP contribution < -0.4 is 4.74 Å². The van der Waals surface area contributed by atoms with Crippen molar-refractivity contribution in [3.05, 3.63) is 72.1 Å². The van der Waals surface area contributed by atoms with Gasteiger partial charge in [-0.2, -0.15) is 0 Å². The second-order valence-electron chi connectivity index (χ2n) is 6.16. The van der Waals surface area contributed by atoms with Crippen molar-refractivity contribution in [2.24, 2.45) is 0 Å². The number of nitrogens with zero attached hydrogens (tertiary/aromatic N) is 2. The normalized spacial score (nSPS) is 13.6. The average molecular weight is 336 g/mol. The molecule has 25 heavy (non-hydrogen) atoms. The number of hydrogen-bond donors (Lipinski definition) is 0. The van der Waals surface area contributed by atoms with E-state index in [0.717, 1.165) is 29.9 Å². The Balaban J connectivity index is 2.00. The van der Waals surface area contributed by atoms with Crippen LogP contribution >= 0.6 is 0 Å². The number of benzene rings is 1. The van der Waals surface area contributed by atoms with Crippen molar-refractivity contribution in [1.29, 1.82) is 0 Å². The quantitative estimate of drug-likeness (QED) is 0.720. The van der Waals surface area contributed by atoms with Crippen LogP contribution in [0.3, 0.4) is 0 Å². The number of pyridine rings is 1. The lowest BCUT2D eigenvalue weighted by Gasteiger charge is -2.32. The first-order valence-electron chi connectivity index (χ1n) is 8.80. The Kier molecular flexibility index (Phi) is 5.49. The molecule has 0 fully saturated rings. The molecule has 1 aromatic carbocycles. The molecule has 1 atom stereocenters. The van der Waals surface area contributed by atoms with Gasteiger partial charge in [0.1, 0.15) is 5.75 Å². The fourth-order valence-electron chi connectivity index (χ4n) is 3.34. The van der Waals surface area contributed by atoms with Gasteiger partial charge in [0, 0.05) is 31.8 Å². The highest BCUT2D eigenvalue weighted by Crippen LogP contribution is 2.34. The van der Waals surface area contributed by atoms with E-state index in [2.05, 4.69) is 23.7 Å². The molecule has 2 heterocycles. The number of fused-ring (bicyclic) bond motifs is 1. The van der Waals surface area contributed by atoms with Gasteiger partial charge in [-0.05, 0) is 48.2 Å². The van der Waals surface area contributed by atoms with Gasteiger partial charge in [0.2, 0.25) is 5.91 Å².